The second-order valence-corrected chi connectivity index (χ2v) is 4.76. The van der Waals surface area contributed by atoms with E-state index in [1.165, 1.54) is 18.4 Å². The van der Waals surface area contributed by atoms with E-state index >= 15 is 0 Å². The standard InChI is InChI=1S/C15H10F3N3O3/c16-15(17,18)10-4-1-3-9(7-10)12-20-14(24-21-12)13(22)19-8-11-5-2-6-23-11/h1-7H,8H2,(H,19,22). The Labute approximate surface area is 133 Å². The zero-order valence-electron chi connectivity index (χ0n) is 12.0. The van der Waals surface area contributed by atoms with Crippen molar-refractivity contribution in [2.45, 2.75) is 12.7 Å². The monoisotopic (exact) mass is 337 g/mol. The fraction of sp³-hybridized carbons (Fsp3) is 0.133. The van der Waals surface area contributed by atoms with E-state index in [4.69, 9.17) is 8.94 Å². The molecule has 0 saturated carbocycles. The first kappa shape index (κ1) is 15.8. The number of halogens is 3. The number of carbonyl (C=O) groups excluding carboxylic acids is 1. The molecule has 2 heterocycles. The van der Waals surface area contributed by atoms with Crippen molar-refractivity contribution in [3.8, 4) is 11.4 Å². The zero-order chi connectivity index (χ0) is 17.2. The average Bonchev–Trinajstić information content (AvgIpc) is 3.23. The van der Waals surface area contributed by atoms with Crippen molar-refractivity contribution in [3.63, 3.8) is 0 Å². The molecular formula is C15H10F3N3O3. The normalized spacial score (nSPS) is 11.5. The van der Waals surface area contributed by atoms with E-state index in [1.807, 2.05) is 0 Å². The Balaban J connectivity index is 1.74. The van der Waals surface area contributed by atoms with Crippen molar-refractivity contribution < 1.29 is 26.9 Å². The molecule has 0 radical (unpaired) electrons. The van der Waals surface area contributed by atoms with E-state index < -0.39 is 17.6 Å². The van der Waals surface area contributed by atoms with Gasteiger partial charge in [-0.2, -0.15) is 18.2 Å². The molecule has 0 aliphatic rings. The average molecular weight is 337 g/mol. The van der Waals surface area contributed by atoms with Gasteiger partial charge >= 0.3 is 18.0 Å². The number of furan rings is 1. The molecule has 0 aliphatic heterocycles. The number of benzene rings is 1. The van der Waals surface area contributed by atoms with Crippen LogP contribution in [0.4, 0.5) is 13.2 Å². The molecule has 1 N–H and O–H groups in total. The fourth-order valence-electron chi connectivity index (χ4n) is 1.92. The van der Waals surface area contributed by atoms with Gasteiger partial charge in [-0.05, 0) is 24.3 Å². The van der Waals surface area contributed by atoms with E-state index in [1.54, 1.807) is 12.1 Å². The van der Waals surface area contributed by atoms with E-state index in [-0.39, 0.29) is 23.8 Å². The van der Waals surface area contributed by atoms with Gasteiger partial charge in [-0.15, -0.1) is 0 Å². The molecule has 3 rings (SSSR count). The van der Waals surface area contributed by atoms with E-state index in [0.29, 0.717) is 5.76 Å². The lowest BCUT2D eigenvalue weighted by atomic mass is 10.1. The Kier molecular flexibility index (Phi) is 4.07. The third-order valence-corrected chi connectivity index (χ3v) is 3.07. The summed E-state index contributed by atoms with van der Waals surface area (Å²) in [5, 5.41) is 6.03. The molecule has 0 bridgehead atoms. The highest BCUT2D eigenvalue weighted by atomic mass is 19.4. The molecular weight excluding hydrogens is 327 g/mol. The largest absolute Gasteiger partial charge is 0.467 e. The number of amides is 1. The van der Waals surface area contributed by atoms with Gasteiger partial charge in [0.05, 0.1) is 18.4 Å². The Hall–Kier alpha value is -3.10. The molecule has 0 aliphatic carbocycles. The SMILES string of the molecule is O=C(NCc1ccco1)c1nc(-c2cccc(C(F)(F)F)c2)no1. The highest BCUT2D eigenvalue weighted by Gasteiger charge is 2.31. The number of carbonyl (C=O) groups is 1. The van der Waals surface area contributed by atoms with Crippen LogP contribution in [0.3, 0.4) is 0 Å². The van der Waals surface area contributed by atoms with Crippen LogP contribution < -0.4 is 5.32 Å². The Morgan fingerprint density at radius 3 is 2.75 bits per heavy atom. The van der Waals surface area contributed by atoms with Gasteiger partial charge in [0, 0.05) is 5.56 Å². The number of aromatic nitrogens is 2. The molecule has 1 aromatic carbocycles. The maximum Gasteiger partial charge on any atom is 0.416 e. The Morgan fingerprint density at radius 1 is 1.21 bits per heavy atom. The molecule has 24 heavy (non-hydrogen) atoms. The minimum absolute atomic E-state index is 0.0960. The number of hydrogen-bond acceptors (Lipinski definition) is 5. The lowest BCUT2D eigenvalue weighted by Gasteiger charge is -2.06. The van der Waals surface area contributed by atoms with Crippen molar-refractivity contribution in [3.05, 3.63) is 59.9 Å². The van der Waals surface area contributed by atoms with Gasteiger partial charge in [0.2, 0.25) is 5.82 Å². The van der Waals surface area contributed by atoms with Crippen molar-refractivity contribution in [1.29, 1.82) is 0 Å². The van der Waals surface area contributed by atoms with Crippen molar-refractivity contribution in [1.82, 2.24) is 15.5 Å². The molecule has 0 atom stereocenters. The maximum absolute atomic E-state index is 12.7. The molecule has 0 spiro atoms. The highest BCUT2D eigenvalue weighted by molar-refractivity contribution is 5.89. The summed E-state index contributed by atoms with van der Waals surface area (Å²) in [5.41, 5.74) is -0.743. The third-order valence-electron chi connectivity index (χ3n) is 3.07. The first-order chi connectivity index (χ1) is 11.4. The van der Waals surface area contributed by atoms with Crippen LogP contribution in [0.25, 0.3) is 11.4 Å². The van der Waals surface area contributed by atoms with Crippen LogP contribution in [0.5, 0.6) is 0 Å². The molecule has 0 fully saturated rings. The summed E-state index contributed by atoms with van der Waals surface area (Å²) >= 11 is 0. The van der Waals surface area contributed by atoms with Crippen molar-refractivity contribution >= 4 is 5.91 Å². The summed E-state index contributed by atoms with van der Waals surface area (Å²) < 4.78 is 48.0. The lowest BCUT2D eigenvalue weighted by Crippen LogP contribution is -2.22. The summed E-state index contributed by atoms with van der Waals surface area (Å²) in [4.78, 5) is 15.7. The summed E-state index contributed by atoms with van der Waals surface area (Å²) in [6, 6.07) is 7.77. The second-order valence-electron chi connectivity index (χ2n) is 4.76. The van der Waals surface area contributed by atoms with Crippen LogP contribution in [-0.2, 0) is 12.7 Å². The third kappa shape index (κ3) is 3.45. The van der Waals surface area contributed by atoms with Gasteiger partial charge < -0.3 is 14.3 Å². The molecule has 6 nitrogen and oxygen atoms in total. The van der Waals surface area contributed by atoms with Gasteiger partial charge in [-0.3, -0.25) is 4.79 Å². The van der Waals surface area contributed by atoms with Gasteiger partial charge in [0.15, 0.2) is 0 Å². The van der Waals surface area contributed by atoms with Crippen molar-refractivity contribution in [2.24, 2.45) is 0 Å². The second kappa shape index (κ2) is 6.19. The summed E-state index contributed by atoms with van der Waals surface area (Å²) in [6.07, 6.45) is -3.02. The molecule has 0 saturated heterocycles. The number of alkyl halides is 3. The van der Waals surface area contributed by atoms with Crippen LogP contribution in [0.1, 0.15) is 22.0 Å². The van der Waals surface area contributed by atoms with E-state index in [9.17, 15) is 18.0 Å². The maximum atomic E-state index is 12.7. The predicted molar refractivity (Wildman–Crippen MR) is 74.6 cm³/mol. The predicted octanol–water partition coefficient (Wildman–Crippen LogP) is 3.28. The van der Waals surface area contributed by atoms with Crippen LogP contribution in [-0.4, -0.2) is 16.0 Å². The number of nitrogens with zero attached hydrogens (tertiary/aromatic N) is 2. The van der Waals surface area contributed by atoms with Crippen LogP contribution in [0.15, 0.2) is 51.6 Å². The quantitative estimate of drug-likeness (QED) is 0.790. The van der Waals surface area contributed by atoms with Crippen LogP contribution in [0.2, 0.25) is 0 Å². The fourth-order valence-corrected chi connectivity index (χ4v) is 1.92. The molecule has 0 unspecified atom stereocenters. The molecule has 124 valence electrons. The highest BCUT2D eigenvalue weighted by Crippen LogP contribution is 2.31. The number of rotatable bonds is 4. The lowest BCUT2D eigenvalue weighted by molar-refractivity contribution is -0.137. The summed E-state index contributed by atoms with van der Waals surface area (Å²) in [6.45, 7) is 0.118. The topological polar surface area (TPSA) is 81.2 Å². The minimum Gasteiger partial charge on any atom is -0.467 e. The minimum atomic E-state index is -4.48. The first-order valence-corrected chi connectivity index (χ1v) is 6.75. The van der Waals surface area contributed by atoms with Crippen LogP contribution in [0, 0.1) is 0 Å². The van der Waals surface area contributed by atoms with Crippen LogP contribution >= 0.6 is 0 Å². The van der Waals surface area contributed by atoms with E-state index in [0.717, 1.165) is 12.1 Å². The Bertz CT molecular complexity index is 841. The molecule has 1 amide bonds. The van der Waals surface area contributed by atoms with E-state index in [2.05, 4.69) is 15.5 Å². The van der Waals surface area contributed by atoms with Gasteiger partial charge in [-0.1, -0.05) is 17.3 Å². The number of nitrogens with one attached hydrogen (secondary N) is 1. The zero-order valence-corrected chi connectivity index (χ0v) is 12.0. The molecule has 2 aromatic heterocycles. The molecule has 3 aromatic rings. The van der Waals surface area contributed by atoms with Gasteiger partial charge in [-0.25, -0.2) is 0 Å². The summed E-state index contributed by atoms with van der Waals surface area (Å²) in [7, 11) is 0. The summed E-state index contributed by atoms with van der Waals surface area (Å²) in [5.74, 6) is -0.587. The first-order valence-electron chi connectivity index (χ1n) is 6.75. The van der Waals surface area contributed by atoms with Gasteiger partial charge in [0.1, 0.15) is 5.76 Å². The van der Waals surface area contributed by atoms with Crippen molar-refractivity contribution in [2.75, 3.05) is 0 Å². The smallest absolute Gasteiger partial charge is 0.416 e. The molecule has 9 heteroatoms. The van der Waals surface area contributed by atoms with Gasteiger partial charge in [0.25, 0.3) is 0 Å². The Morgan fingerprint density at radius 2 is 2.04 bits per heavy atom. The number of hydrogen-bond donors (Lipinski definition) is 1.